The first-order valence-electron chi connectivity index (χ1n) is 3.87. The monoisotopic (exact) mass is 249 g/mol. The molecule has 1 aromatic rings. The summed E-state index contributed by atoms with van der Waals surface area (Å²) in [4.78, 5) is 3.88. The minimum absolute atomic E-state index is 0.396. The van der Waals surface area contributed by atoms with Gasteiger partial charge in [-0.05, 0) is 12.1 Å². The Morgan fingerprint density at radius 3 is 2.07 bits per heavy atom. The second-order valence-corrected chi connectivity index (χ2v) is 4.12. The van der Waals surface area contributed by atoms with Crippen LogP contribution in [0.15, 0.2) is 17.2 Å². The Labute approximate surface area is 97.2 Å². The molecule has 2 nitrogen and oxygen atoms in total. The number of nitrogens with zero attached hydrogens (tertiary/aromatic N) is 2. The van der Waals surface area contributed by atoms with Gasteiger partial charge in [0.2, 0.25) is 0 Å². The van der Waals surface area contributed by atoms with Gasteiger partial charge in [-0.15, -0.1) is 0 Å². The van der Waals surface area contributed by atoms with Crippen molar-refractivity contribution in [2.45, 2.75) is 13.8 Å². The molecule has 5 heteroatoms. The van der Waals surface area contributed by atoms with Crippen molar-refractivity contribution in [3.05, 3.63) is 27.2 Å². The van der Waals surface area contributed by atoms with Crippen LogP contribution in [0, 0.1) is 0 Å². The van der Waals surface area contributed by atoms with E-state index in [9.17, 15) is 0 Å². The van der Waals surface area contributed by atoms with Crippen LogP contribution in [0.1, 0.15) is 13.8 Å². The van der Waals surface area contributed by atoms with Gasteiger partial charge in [-0.1, -0.05) is 34.8 Å². The van der Waals surface area contributed by atoms with E-state index in [1.807, 2.05) is 13.8 Å². The number of halogens is 3. The predicted octanol–water partition coefficient (Wildman–Crippen LogP) is 4.42. The summed E-state index contributed by atoms with van der Waals surface area (Å²) in [5, 5.41) is 5.19. The maximum Gasteiger partial charge on any atom is 0.312 e. The Morgan fingerprint density at radius 2 is 1.64 bits per heavy atom. The molecule has 0 N–H and O–H groups in total. The minimum atomic E-state index is 0.396. The average molecular weight is 251 g/mol. The van der Waals surface area contributed by atoms with Gasteiger partial charge in [0.15, 0.2) is 5.69 Å². The maximum absolute atomic E-state index is 5.89. The highest BCUT2D eigenvalue weighted by Gasteiger charge is 2.10. The van der Waals surface area contributed by atoms with Gasteiger partial charge in [0.1, 0.15) is 5.11 Å². The molecule has 1 aromatic carbocycles. The molecule has 14 heavy (non-hydrogen) atoms. The lowest BCUT2D eigenvalue weighted by atomic mass is 10.3. The third-order valence-corrected chi connectivity index (χ3v) is 2.13. The topological polar surface area (TPSA) is 26.5 Å². The molecule has 0 radical (unpaired) electrons. The zero-order valence-corrected chi connectivity index (χ0v) is 9.95. The van der Waals surface area contributed by atoms with Crippen LogP contribution in [-0.4, -0.2) is 10.5 Å². The van der Waals surface area contributed by atoms with Crippen molar-refractivity contribution >= 4 is 46.2 Å². The quantitative estimate of drug-likeness (QED) is 0.401. The molecule has 0 aliphatic heterocycles. The average Bonchev–Trinajstić information content (AvgIpc) is 2.01. The fourth-order valence-corrected chi connectivity index (χ4v) is 1.67. The van der Waals surface area contributed by atoms with Crippen LogP contribution in [0.5, 0.6) is 0 Å². The van der Waals surface area contributed by atoms with Crippen molar-refractivity contribution in [1.29, 1.82) is 0 Å². The minimum Gasteiger partial charge on any atom is -0.0842 e. The van der Waals surface area contributed by atoms with E-state index < -0.39 is 0 Å². The Balaban J connectivity index is 3.29. The molecule has 0 saturated carbocycles. The second kappa shape index (κ2) is 4.81. The van der Waals surface area contributed by atoms with E-state index in [1.165, 1.54) is 0 Å². The van der Waals surface area contributed by atoms with E-state index in [-0.39, 0.29) is 0 Å². The van der Waals surface area contributed by atoms with Crippen LogP contribution in [0.3, 0.4) is 0 Å². The second-order valence-electron chi connectivity index (χ2n) is 2.87. The van der Waals surface area contributed by atoms with Crippen LogP contribution >= 0.6 is 34.8 Å². The summed E-state index contributed by atoms with van der Waals surface area (Å²) in [6, 6.07) is 3.16. The van der Waals surface area contributed by atoms with Crippen LogP contribution in [0.25, 0.3) is 0 Å². The summed E-state index contributed by atoms with van der Waals surface area (Å²) in [5.41, 5.74) is 1.27. The molecule has 0 aliphatic carbocycles. The lowest BCUT2D eigenvalue weighted by Gasteiger charge is -1.95. The van der Waals surface area contributed by atoms with Gasteiger partial charge in [0, 0.05) is 18.9 Å². The number of rotatable bonds is 1. The van der Waals surface area contributed by atoms with E-state index in [2.05, 4.69) is 9.90 Å². The molecule has 0 atom stereocenters. The lowest BCUT2D eigenvalue weighted by Crippen LogP contribution is -1.81. The van der Waals surface area contributed by atoms with Gasteiger partial charge in [-0.2, -0.15) is 0 Å². The maximum atomic E-state index is 5.89. The number of hydrogen-bond donors (Lipinski definition) is 0. The van der Waals surface area contributed by atoms with Crippen LogP contribution in [0.2, 0.25) is 15.1 Å². The van der Waals surface area contributed by atoms with Crippen molar-refractivity contribution < 1.29 is 4.79 Å². The van der Waals surface area contributed by atoms with Gasteiger partial charge < -0.3 is 0 Å². The van der Waals surface area contributed by atoms with Gasteiger partial charge >= 0.3 is 5.71 Å². The third-order valence-electron chi connectivity index (χ3n) is 1.33. The van der Waals surface area contributed by atoms with Gasteiger partial charge in [-0.25, -0.2) is 0 Å². The highest BCUT2D eigenvalue weighted by molar-refractivity contribution is 6.41. The summed E-state index contributed by atoms with van der Waals surface area (Å²) in [7, 11) is 0. The van der Waals surface area contributed by atoms with Crippen molar-refractivity contribution in [2.24, 2.45) is 5.11 Å². The van der Waals surface area contributed by atoms with Gasteiger partial charge in [0.25, 0.3) is 0 Å². The van der Waals surface area contributed by atoms with Crippen molar-refractivity contribution in [1.82, 2.24) is 0 Å². The SMILES string of the molecule is CC(C)=[N+]=Nc1c(Cl)cc(Cl)cc1Cl. The molecule has 0 aliphatic rings. The summed E-state index contributed by atoms with van der Waals surface area (Å²) in [5.74, 6) is 0. The van der Waals surface area contributed by atoms with Crippen LogP contribution in [0.4, 0.5) is 5.69 Å². The molecule has 0 spiro atoms. The molecule has 0 bridgehead atoms. The molecule has 0 saturated heterocycles. The predicted molar refractivity (Wildman–Crippen MR) is 60.2 cm³/mol. The van der Waals surface area contributed by atoms with E-state index in [0.717, 1.165) is 5.71 Å². The molecule has 74 valence electrons. The molecular formula is C9H8Cl3N2+. The summed E-state index contributed by atoms with van der Waals surface area (Å²) in [6.45, 7) is 3.67. The Bertz CT molecular complexity index is 393. The first kappa shape index (κ1) is 11.5. The van der Waals surface area contributed by atoms with E-state index in [4.69, 9.17) is 34.8 Å². The fraction of sp³-hybridized carbons (Fsp3) is 0.222. The highest BCUT2D eigenvalue weighted by atomic mass is 35.5. The standard InChI is InChI=1S/C9H8Cl3N2/c1-5(2)13-14-9-7(11)3-6(10)4-8(9)12/h3-4H,1-2H3/q+1. The molecule has 1 rings (SSSR count). The molecule has 0 heterocycles. The number of benzene rings is 1. The smallest absolute Gasteiger partial charge is 0.0842 e. The highest BCUT2D eigenvalue weighted by Crippen LogP contribution is 2.35. The Morgan fingerprint density at radius 1 is 1.14 bits per heavy atom. The Hall–Kier alpha value is -0.530. The number of hydrogen-bond acceptors (Lipinski definition) is 1. The molecule has 0 aromatic heterocycles. The largest absolute Gasteiger partial charge is 0.312 e. The molecule has 0 amide bonds. The van der Waals surface area contributed by atoms with E-state index >= 15 is 0 Å². The molecule has 0 unspecified atom stereocenters. The summed E-state index contributed by atoms with van der Waals surface area (Å²) >= 11 is 17.5. The molecular weight excluding hydrogens is 242 g/mol. The zero-order valence-electron chi connectivity index (χ0n) is 7.68. The van der Waals surface area contributed by atoms with E-state index in [1.54, 1.807) is 12.1 Å². The summed E-state index contributed by atoms with van der Waals surface area (Å²) in [6.07, 6.45) is 0. The van der Waals surface area contributed by atoms with Crippen molar-refractivity contribution in [3.8, 4) is 0 Å². The first-order chi connectivity index (χ1) is 6.50. The van der Waals surface area contributed by atoms with Crippen molar-refractivity contribution in [3.63, 3.8) is 0 Å². The van der Waals surface area contributed by atoms with Crippen LogP contribution < -0.4 is 0 Å². The Kier molecular flexibility index (Phi) is 3.97. The van der Waals surface area contributed by atoms with E-state index in [0.29, 0.717) is 20.8 Å². The summed E-state index contributed by atoms with van der Waals surface area (Å²) < 4.78 is 0. The first-order valence-corrected chi connectivity index (χ1v) is 5.00. The third kappa shape index (κ3) is 3.00. The fourth-order valence-electron chi connectivity index (χ4n) is 0.780. The van der Waals surface area contributed by atoms with Crippen LogP contribution in [-0.2, 0) is 0 Å². The normalized spacial score (nSPS) is 9.50. The van der Waals surface area contributed by atoms with Gasteiger partial charge in [0.05, 0.1) is 14.8 Å². The van der Waals surface area contributed by atoms with Crippen molar-refractivity contribution in [2.75, 3.05) is 0 Å². The van der Waals surface area contributed by atoms with Gasteiger partial charge in [-0.3, -0.25) is 0 Å². The molecule has 0 fully saturated rings. The lowest BCUT2D eigenvalue weighted by molar-refractivity contribution is -0.0785. The zero-order chi connectivity index (χ0) is 10.7.